The van der Waals surface area contributed by atoms with Crippen LogP contribution < -0.4 is 10.9 Å². The first-order valence-corrected chi connectivity index (χ1v) is 28.6. The Balaban J connectivity index is 0.811. The average Bonchev–Trinajstić information content (AvgIpc) is 4.17. The summed E-state index contributed by atoms with van der Waals surface area (Å²) in [5.74, 6) is -0.563. The van der Waals surface area contributed by atoms with Crippen LogP contribution in [0.25, 0.3) is 32.4 Å². The van der Waals surface area contributed by atoms with E-state index < -0.39 is 19.9 Å². The molecule has 4 heterocycles. The number of aromatic hydroxyl groups is 1. The van der Waals surface area contributed by atoms with Crippen molar-refractivity contribution < 1.29 is 24.2 Å². The number of nitrogens with zero attached hydrogens (tertiary/aromatic N) is 4. The van der Waals surface area contributed by atoms with E-state index in [1.807, 2.05) is 66.0 Å². The quantitative estimate of drug-likeness (QED) is 0.0512. The van der Waals surface area contributed by atoms with Gasteiger partial charge in [0.2, 0.25) is 11.2 Å². The van der Waals surface area contributed by atoms with E-state index in [-0.39, 0.29) is 28.6 Å². The molecule has 0 saturated heterocycles. The van der Waals surface area contributed by atoms with Crippen molar-refractivity contribution in [1.82, 2.24) is 30.2 Å². The number of rotatable bonds is 17. The maximum atomic E-state index is 14.0. The Labute approximate surface area is 407 Å². The van der Waals surface area contributed by atoms with Crippen molar-refractivity contribution >= 4 is 58.9 Å². The number of aryl methyl sites for hydroxylation is 2. The Hall–Kier alpha value is -5.00. The standard InChI is InChI=1S/C53H64N6O6S2Si/c1-52(2,3)68(5,6)65-44(39-22-24-43(60)49-40(39)23-27-48(61)55-49)33-54-32-35-31-42-50(41-16-10-15-38(35)41)59(57-56-42)29-12-28-58(4)36-18-20-37(21-19-36)64-51(62)53(63,46-17-11-30-66-46)47-26-25-45(67-47)34-13-8-7-9-14-34/h7-9,11,13-14,17,22-27,30-31,36-37,44,54,60,63H,10,12,15-16,18-21,28-29,32-33H2,1-6H3,(H,55,61)/t36-,37-,44-,53-/m0/s1. The summed E-state index contributed by atoms with van der Waals surface area (Å²) in [6, 6.07) is 26.9. The summed E-state index contributed by atoms with van der Waals surface area (Å²) >= 11 is 2.79. The van der Waals surface area contributed by atoms with Crippen molar-refractivity contribution in [3.05, 3.63) is 133 Å². The molecular weight excluding hydrogens is 909 g/mol. The van der Waals surface area contributed by atoms with Gasteiger partial charge in [-0.1, -0.05) is 68.4 Å². The highest BCUT2D eigenvalue weighted by Gasteiger charge is 2.46. The molecule has 15 heteroatoms. The van der Waals surface area contributed by atoms with Gasteiger partial charge in [-0.15, -0.1) is 27.8 Å². The number of ether oxygens (including phenoxy) is 1. The maximum absolute atomic E-state index is 14.0. The van der Waals surface area contributed by atoms with E-state index in [0.29, 0.717) is 34.4 Å². The third-order valence-corrected chi connectivity index (χ3v) is 21.4. The number of phenolic OH excluding ortho intramolecular Hbond substituents is 1. The minimum Gasteiger partial charge on any atom is -0.506 e. The molecule has 0 bridgehead atoms. The number of nitrogens with one attached hydrogen (secondary N) is 2. The summed E-state index contributed by atoms with van der Waals surface area (Å²) < 4.78 is 15.3. The van der Waals surface area contributed by atoms with Gasteiger partial charge in [-0.3, -0.25) is 4.79 Å². The van der Waals surface area contributed by atoms with Crippen LogP contribution in [0.1, 0.15) is 97.4 Å². The Morgan fingerprint density at radius 1 is 0.985 bits per heavy atom. The number of H-pyrrole nitrogens is 1. The van der Waals surface area contributed by atoms with Crippen LogP contribution in [0.15, 0.2) is 95.1 Å². The van der Waals surface area contributed by atoms with E-state index in [0.717, 1.165) is 96.9 Å². The third kappa shape index (κ3) is 9.76. The zero-order valence-electron chi connectivity index (χ0n) is 40.0. The minimum atomic E-state index is -2.23. The normalized spacial score (nSPS) is 18.0. The predicted molar refractivity (Wildman–Crippen MR) is 275 cm³/mol. The molecule has 0 spiro atoms. The Morgan fingerprint density at radius 2 is 1.76 bits per heavy atom. The van der Waals surface area contributed by atoms with E-state index in [9.17, 15) is 19.8 Å². The first kappa shape index (κ1) is 48.0. The van der Waals surface area contributed by atoms with Gasteiger partial charge >= 0.3 is 5.97 Å². The fraction of sp³-hybridized carbons (Fsp3) is 0.434. The molecule has 358 valence electrons. The SMILES string of the molecule is CN(CCCn1nnc2cc(CNC[C@H](O[Si](C)(C)C(C)(C)C)c3ccc(O)c4[nH]c(=O)ccc34)c3c(c21)CCC3)[C@H]1CC[C@H](OC(=O)[C@](O)(c2cccs2)c2ccc(-c3ccccc3)s2)CC1. The lowest BCUT2D eigenvalue weighted by Crippen LogP contribution is -2.43. The molecule has 9 rings (SSSR count). The number of aliphatic hydroxyl groups is 1. The van der Waals surface area contributed by atoms with Crippen molar-refractivity contribution in [1.29, 1.82) is 0 Å². The van der Waals surface area contributed by atoms with E-state index >= 15 is 0 Å². The van der Waals surface area contributed by atoms with E-state index in [2.05, 4.69) is 66.9 Å². The van der Waals surface area contributed by atoms with Gasteiger partial charge in [0.15, 0.2) is 8.32 Å². The van der Waals surface area contributed by atoms with Gasteiger partial charge in [0.25, 0.3) is 0 Å². The number of phenols is 1. The molecule has 2 atom stereocenters. The van der Waals surface area contributed by atoms with Crippen LogP contribution in [0.2, 0.25) is 18.1 Å². The Kier molecular flexibility index (Phi) is 14.0. The molecule has 0 radical (unpaired) electrons. The molecule has 4 N–H and O–H groups in total. The largest absolute Gasteiger partial charge is 0.506 e. The van der Waals surface area contributed by atoms with Crippen LogP contribution in [-0.4, -0.2) is 81.7 Å². The predicted octanol–water partition coefficient (Wildman–Crippen LogP) is 10.2. The summed E-state index contributed by atoms with van der Waals surface area (Å²) in [5, 5.41) is 38.6. The molecule has 1 saturated carbocycles. The third-order valence-electron chi connectivity index (χ3n) is 14.7. The van der Waals surface area contributed by atoms with Crippen molar-refractivity contribution in [3.63, 3.8) is 0 Å². The number of fused-ring (bicyclic) bond motifs is 4. The van der Waals surface area contributed by atoms with E-state index in [1.54, 1.807) is 12.1 Å². The molecule has 0 amide bonds. The molecule has 0 aliphatic heterocycles. The zero-order chi connectivity index (χ0) is 47.8. The van der Waals surface area contributed by atoms with Crippen molar-refractivity contribution in [2.24, 2.45) is 0 Å². The molecular formula is C53H64N6O6S2Si. The second-order valence-corrected chi connectivity index (χ2v) is 27.0. The van der Waals surface area contributed by atoms with Gasteiger partial charge in [-0.2, -0.15) is 0 Å². The number of esters is 1. The summed E-state index contributed by atoms with van der Waals surface area (Å²) in [6.45, 7) is 14.1. The number of carbonyl (C=O) groups is 1. The minimum absolute atomic E-state index is 0.0163. The Morgan fingerprint density at radius 3 is 2.51 bits per heavy atom. The van der Waals surface area contributed by atoms with Crippen LogP contribution in [0.4, 0.5) is 0 Å². The highest BCUT2D eigenvalue weighted by Crippen LogP contribution is 2.43. The second kappa shape index (κ2) is 19.8. The smallest absolute Gasteiger partial charge is 0.349 e. The second-order valence-electron chi connectivity index (χ2n) is 20.2. The van der Waals surface area contributed by atoms with Crippen LogP contribution in [0.3, 0.4) is 0 Å². The van der Waals surface area contributed by atoms with Crippen LogP contribution in [0.5, 0.6) is 5.75 Å². The number of carbonyl (C=O) groups excluding carboxylic acids is 1. The molecule has 1 fully saturated rings. The number of pyridine rings is 1. The number of aromatic nitrogens is 4. The fourth-order valence-corrected chi connectivity index (χ4v) is 13.1. The van der Waals surface area contributed by atoms with Crippen LogP contribution >= 0.6 is 22.7 Å². The number of hydrogen-bond donors (Lipinski definition) is 4. The number of hydrogen-bond acceptors (Lipinski definition) is 12. The molecule has 0 unspecified atom stereocenters. The molecule has 3 aromatic carbocycles. The number of aromatic amines is 1. The summed E-state index contributed by atoms with van der Waals surface area (Å²) in [7, 11) is -0.0407. The number of benzene rings is 3. The lowest BCUT2D eigenvalue weighted by Gasteiger charge is -2.39. The molecule has 2 aliphatic carbocycles. The van der Waals surface area contributed by atoms with E-state index in [1.165, 1.54) is 45.4 Å². The zero-order valence-corrected chi connectivity index (χ0v) is 42.6. The van der Waals surface area contributed by atoms with Crippen molar-refractivity contribution in [3.8, 4) is 16.2 Å². The molecule has 4 aromatic heterocycles. The first-order chi connectivity index (χ1) is 32.6. The van der Waals surface area contributed by atoms with Gasteiger partial charge < -0.3 is 34.6 Å². The molecule has 68 heavy (non-hydrogen) atoms. The van der Waals surface area contributed by atoms with Gasteiger partial charge in [-0.05, 0) is 153 Å². The summed E-state index contributed by atoms with van der Waals surface area (Å²) in [6.07, 6.45) is 6.81. The lowest BCUT2D eigenvalue weighted by atomic mass is 9.91. The lowest BCUT2D eigenvalue weighted by molar-refractivity contribution is -0.169. The first-order valence-electron chi connectivity index (χ1n) is 24.0. The van der Waals surface area contributed by atoms with Crippen molar-refractivity contribution in [2.75, 3.05) is 20.1 Å². The highest BCUT2D eigenvalue weighted by atomic mass is 32.1. The summed E-state index contributed by atoms with van der Waals surface area (Å²) in [4.78, 5) is 33.6. The Bertz CT molecular complexity index is 2940. The highest BCUT2D eigenvalue weighted by molar-refractivity contribution is 7.16. The topological polar surface area (TPSA) is 155 Å². The van der Waals surface area contributed by atoms with Gasteiger partial charge in [0.1, 0.15) is 17.4 Å². The molecule has 12 nitrogen and oxygen atoms in total. The van der Waals surface area contributed by atoms with E-state index in [4.69, 9.17) is 19.5 Å². The molecule has 2 aliphatic rings. The summed E-state index contributed by atoms with van der Waals surface area (Å²) in [5.41, 5.74) is 6.34. The maximum Gasteiger partial charge on any atom is 0.349 e. The van der Waals surface area contributed by atoms with Crippen molar-refractivity contribution in [2.45, 2.75) is 127 Å². The molecule has 7 aromatic rings. The fourth-order valence-electron chi connectivity index (χ4n) is 9.87. The van der Waals surface area contributed by atoms with Gasteiger partial charge in [0.05, 0.1) is 26.9 Å². The average molecular weight is 973 g/mol. The monoisotopic (exact) mass is 972 g/mol. The van der Waals surface area contributed by atoms with Crippen LogP contribution in [0, 0.1) is 0 Å². The van der Waals surface area contributed by atoms with Gasteiger partial charge in [-0.25, -0.2) is 9.48 Å². The number of thiophene rings is 2. The van der Waals surface area contributed by atoms with Gasteiger partial charge in [0, 0.05) is 42.0 Å². The van der Waals surface area contributed by atoms with Crippen LogP contribution in [-0.2, 0) is 45.5 Å².